The van der Waals surface area contributed by atoms with Gasteiger partial charge in [0, 0.05) is 36.7 Å². The fraction of sp³-hybridized carbons (Fsp3) is 0.364. The van der Waals surface area contributed by atoms with Gasteiger partial charge in [-0.05, 0) is 43.2 Å². The van der Waals surface area contributed by atoms with E-state index in [9.17, 15) is 4.79 Å². The SMILES string of the molecule is COCCn1c(CCCCCNC(=O)c2cccc(Br)c2)nc2ccccc21. The van der Waals surface area contributed by atoms with Crippen LogP contribution >= 0.6 is 15.9 Å². The lowest BCUT2D eigenvalue weighted by Gasteiger charge is -2.09. The predicted molar refractivity (Wildman–Crippen MR) is 116 cm³/mol. The molecule has 2 aromatic carbocycles. The van der Waals surface area contributed by atoms with Gasteiger partial charge in [-0.25, -0.2) is 4.98 Å². The molecule has 1 amide bonds. The number of ether oxygens (including phenoxy) is 1. The van der Waals surface area contributed by atoms with E-state index in [1.54, 1.807) is 7.11 Å². The first-order chi connectivity index (χ1) is 13.7. The number of aryl methyl sites for hydroxylation is 1. The topological polar surface area (TPSA) is 56.1 Å². The second-order valence-electron chi connectivity index (χ2n) is 6.74. The number of aromatic nitrogens is 2. The summed E-state index contributed by atoms with van der Waals surface area (Å²) in [5, 5.41) is 2.99. The molecule has 1 heterocycles. The van der Waals surface area contributed by atoms with Crippen LogP contribution in [0.15, 0.2) is 53.0 Å². The molecule has 3 aromatic rings. The second kappa shape index (κ2) is 10.4. The molecule has 0 unspecified atom stereocenters. The average molecular weight is 444 g/mol. The van der Waals surface area contributed by atoms with Crippen molar-refractivity contribution in [2.75, 3.05) is 20.3 Å². The molecule has 0 atom stereocenters. The molecule has 0 bridgehead atoms. The summed E-state index contributed by atoms with van der Waals surface area (Å²) < 4.78 is 8.42. The Hall–Kier alpha value is -2.18. The van der Waals surface area contributed by atoms with Crippen LogP contribution in [0.3, 0.4) is 0 Å². The molecule has 5 nitrogen and oxygen atoms in total. The van der Waals surface area contributed by atoms with Crippen molar-refractivity contribution in [2.24, 2.45) is 0 Å². The Kier molecular flexibility index (Phi) is 7.62. The maximum atomic E-state index is 12.1. The molecule has 0 spiro atoms. The van der Waals surface area contributed by atoms with Crippen molar-refractivity contribution >= 4 is 32.9 Å². The van der Waals surface area contributed by atoms with Crippen molar-refractivity contribution in [3.63, 3.8) is 0 Å². The van der Waals surface area contributed by atoms with E-state index in [1.807, 2.05) is 36.4 Å². The summed E-state index contributed by atoms with van der Waals surface area (Å²) in [5.41, 5.74) is 2.88. The minimum Gasteiger partial charge on any atom is -0.383 e. The summed E-state index contributed by atoms with van der Waals surface area (Å²) in [4.78, 5) is 16.9. The van der Waals surface area contributed by atoms with Gasteiger partial charge in [0.2, 0.25) is 0 Å². The Labute approximate surface area is 174 Å². The summed E-state index contributed by atoms with van der Waals surface area (Å²) in [6.07, 6.45) is 3.98. The van der Waals surface area contributed by atoms with Crippen LogP contribution < -0.4 is 5.32 Å². The lowest BCUT2D eigenvalue weighted by molar-refractivity contribution is 0.0953. The lowest BCUT2D eigenvalue weighted by atomic mass is 10.1. The van der Waals surface area contributed by atoms with E-state index >= 15 is 0 Å². The number of benzene rings is 2. The molecular formula is C22H26BrN3O2. The zero-order valence-corrected chi connectivity index (χ0v) is 17.7. The van der Waals surface area contributed by atoms with Crippen molar-refractivity contribution in [3.05, 3.63) is 64.4 Å². The van der Waals surface area contributed by atoms with Crippen molar-refractivity contribution in [2.45, 2.75) is 32.2 Å². The van der Waals surface area contributed by atoms with Crippen LogP contribution in [0, 0.1) is 0 Å². The van der Waals surface area contributed by atoms with Crippen LogP contribution in [0.4, 0.5) is 0 Å². The monoisotopic (exact) mass is 443 g/mol. The quantitative estimate of drug-likeness (QED) is 0.466. The molecule has 0 aliphatic heterocycles. The smallest absolute Gasteiger partial charge is 0.251 e. The number of para-hydroxylation sites is 2. The third kappa shape index (κ3) is 5.42. The summed E-state index contributed by atoms with van der Waals surface area (Å²) >= 11 is 3.39. The molecule has 0 aliphatic carbocycles. The van der Waals surface area contributed by atoms with Gasteiger partial charge >= 0.3 is 0 Å². The summed E-state index contributed by atoms with van der Waals surface area (Å²) in [6.45, 7) is 2.18. The van der Waals surface area contributed by atoms with Gasteiger partial charge in [0.15, 0.2) is 0 Å². The Bertz CT molecular complexity index is 923. The van der Waals surface area contributed by atoms with Gasteiger partial charge < -0.3 is 14.6 Å². The molecule has 28 heavy (non-hydrogen) atoms. The average Bonchev–Trinajstić information content (AvgIpc) is 3.06. The van der Waals surface area contributed by atoms with E-state index in [2.05, 4.69) is 37.9 Å². The number of rotatable bonds is 10. The van der Waals surface area contributed by atoms with E-state index < -0.39 is 0 Å². The molecule has 148 valence electrons. The minimum atomic E-state index is -0.0253. The Morgan fingerprint density at radius 2 is 2.00 bits per heavy atom. The van der Waals surface area contributed by atoms with Gasteiger partial charge in [-0.1, -0.05) is 40.5 Å². The highest BCUT2D eigenvalue weighted by atomic mass is 79.9. The lowest BCUT2D eigenvalue weighted by Crippen LogP contribution is -2.24. The number of carbonyl (C=O) groups excluding carboxylic acids is 1. The van der Waals surface area contributed by atoms with Gasteiger partial charge in [-0.2, -0.15) is 0 Å². The van der Waals surface area contributed by atoms with E-state index in [4.69, 9.17) is 9.72 Å². The number of halogens is 1. The molecule has 0 aliphatic rings. The maximum absolute atomic E-state index is 12.1. The molecule has 6 heteroatoms. The van der Waals surface area contributed by atoms with Crippen LogP contribution in [0.2, 0.25) is 0 Å². The molecule has 1 aromatic heterocycles. The molecular weight excluding hydrogens is 418 g/mol. The number of nitrogens with zero attached hydrogens (tertiary/aromatic N) is 2. The number of amides is 1. The molecule has 1 N–H and O–H groups in total. The first-order valence-corrected chi connectivity index (χ1v) is 10.4. The zero-order chi connectivity index (χ0) is 19.8. The van der Waals surface area contributed by atoms with Crippen LogP contribution in [0.1, 0.15) is 35.4 Å². The number of hydrogen-bond acceptors (Lipinski definition) is 3. The van der Waals surface area contributed by atoms with Gasteiger partial charge in [-0.15, -0.1) is 0 Å². The Morgan fingerprint density at radius 3 is 2.82 bits per heavy atom. The Balaban J connectivity index is 1.45. The predicted octanol–water partition coefficient (Wildman–Crippen LogP) is 4.59. The second-order valence-corrected chi connectivity index (χ2v) is 7.65. The van der Waals surface area contributed by atoms with Crippen LogP contribution in [-0.4, -0.2) is 35.7 Å². The summed E-state index contributed by atoms with van der Waals surface area (Å²) in [6, 6.07) is 15.7. The van der Waals surface area contributed by atoms with Crippen LogP contribution in [0.5, 0.6) is 0 Å². The van der Waals surface area contributed by atoms with E-state index in [1.165, 1.54) is 0 Å². The number of fused-ring (bicyclic) bond motifs is 1. The number of methoxy groups -OCH3 is 1. The number of carbonyl (C=O) groups is 1. The molecule has 0 radical (unpaired) electrons. The van der Waals surface area contributed by atoms with E-state index in [0.29, 0.717) is 18.7 Å². The maximum Gasteiger partial charge on any atom is 0.251 e. The fourth-order valence-corrected chi connectivity index (χ4v) is 3.67. The van der Waals surface area contributed by atoms with Crippen molar-refractivity contribution in [1.29, 1.82) is 0 Å². The number of imidazole rings is 1. The zero-order valence-electron chi connectivity index (χ0n) is 16.2. The van der Waals surface area contributed by atoms with Gasteiger partial charge in [-0.3, -0.25) is 4.79 Å². The van der Waals surface area contributed by atoms with Crippen LogP contribution in [-0.2, 0) is 17.7 Å². The van der Waals surface area contributed by atoms with Gasteiger partial charge in [0.05, 0.1) is 17.6 Å². The third-order valence-electron chi connectivity index (χ3n) is 4.70. The molecule has 0 fully saturated rings. The van der Waals surface area contributed by atoms with E-state index in [0.717, 1.165) is 53.6 Å². The standard InChI is InChI=1S/C22H26BrN3O2/c1-28-15-14-26-20-11-5-4-10-19(20)25-21(26)12-3-2-6-13-24-22(27)17-8-7-9-18(23)16-17/h4-5,7-11,16H,2-3,6,12-15H2,1H3,(H,24,27). The first-order valence-electron chi connectivity index (χ1n) is 9.66. The highest BCUT2D eigenvalue weighted by molar-refractivity contribution is 9.10. The fourth-order valence-electron chi connectivity index (χ4n) is 3.27. The van der Waals surface area contributed by atoms with E-state index in [-0.39, 0.29) is 5.91 Å². The van der Waals surface area contributed by atoms with Crippen LogP contribution in [0.25, 0.3) is 11.0 Å². The number of unbranched alkanes of at least 4 members (excludes halogenated alkanes) is 2. The van der Waals surface area contributed by atoms with Crippen molar-refractivity contribution < 1.29 is 9.53 Å². The normalized spacial score (nSPS) is 11.1. The Morgan fingerprint density at radius 1 is 1.14 bits per heavy atom. The molecule has 0 saturated carbocycles. The summed E-state index contributed by atoms with van der Waals surface area (Å²) in [5.74, 6) is 1.08. The number of hydrogen-bond donors (Lipinski definition) is 1. The largest absolute Gasteiger partial charge is 0.383 e. The van der Waals surface area contributed by atoms with Crippen molar-refractivity contribution in [1.82, 2.24) is 14.9 Å². The highest BCUT2D eigenvalue weighted by Gasteiger charge is 2.10. The highest BCUT2D eigenvalue weighted by Crippen LogP contribution is 2.18. The van der Waals surface area contributed by atoms with Gasteiger partial charge in [0.1, 0.15) is 5.82 Å². The third-order valence-corrected chi connectivity index (χ3v) is 5.20. The molecule has 3 rings (SSSR count). The van der Waals surface area contributed by atoms with Gasteiger partial charge in [0.25, 0.3) is 5.91 Å². The number of nitrogens with one attached hydrogen (secondary N) is 1. The first kappa shape index (κ1) is 20.6. The summed E-state index contributed by atoms with van der Waals surface area (Å²) in [7, 11) is 1.72. The van der Waals surface area contributed by atoms with Crippen molar-refractivity contribution in [3.8, 4) is 0 Å². The molecule has 0 saturated heterocycles. The minimum absolute atomic E-state index is 0.0253.